The molecule has 0 radical (unpaired) electrons. The smallest absolute Gasteiger partial charge is 0.331 e. The molecule has 0 spiro atoms. The first-order chi connectivity index (χ1) is 16.2. The van der Waals surface area contributed by atoms with Crippen LogP contribution in [0.25, 0.3) is 0 Å². The Balaban J connectivity index is 4.80. The molecule has 0 aromatic heterocycles. The Hall–Kier alpha value is -2.38. The number of hydrogen-bond acceptors (Lipinski definition) is 6. The van der Waals surface area contributed by atoms with Crippen LogP contribution in [-0.4, -0.2) is 71.9 Å². The highest BCUT2D eigenvalue weighted by Crippen LogP contribution is 2.07. The number of ether oxygens (including phenoxy) is 2. The molecule has 0 aliphatic carbocycles. The van der Waals surface area contributed by atoms with Crippen LogP contribution in [-0.2, 0) is 28.7 Å². The molecule has 0 bridgehead atoms. The normalized spacial score (nSPS) is 12.8. The molecule has 0 rings (SSSR count). The van der Waals surface area contributed by atoms with Crippen LogP contribution in [0.5, 0.6) is 0 Å². The average Bonchev–Trinajstić information content (AvgIpc) is 2.82. The molecule has 0 fully saturated rings. The van der Waals surface area contributed by atoms with E-state index in [1.165, 1.54) is 13.8 Å². The van der Waals surface area contributed by atoms with Gasteiger partial charge in [0.15, 0.2) is 12.2 Å². The summed E-state index contributed by atoms with van der Waals surface area (Å²) in [5, 5.41) is 0. The van der Waals surface area contributed by atoms with E-state index in [0.717, 1.165) is 63.5 Å². The third kappa shape index (κ3) is 13.4. The van der Waals surface area contributed by atoms with Crippen molar-refractivity contribution in [1.82, 2.24) is 9.80 Å². The SMILES string of the molecule is CCCCN(CCCC)C(=O)[C@H](C)OC(=O)/C=C/C(=O)O[C@@H](C)C(=O)N(CCCC)CCCC. The van der Waals surface area contributed by atoms with Crippen LogP contribution in [0.3, 0.4) is 0 Å². The van der Waals surface area contributed by atoms with Crippen molar-refractivity contribution in [1.29, 1.82) is 0 Å². The van der Waals surface area contributed by atoms with Gasteiger partial charge < -0.3 is 19.3 Å². The third-order valence-electron chi connectivity index (χ3n) is 5.39. The molecular formula is C26H46N2O6. The van der Waals surface area contributed by atoms with Gasteiger partial charge in [-0.25, -0.2) is 9.59 Å². The summed E-state index contributed by atoms with van der Waals surface area (Å²) in [5.41, 5.74) is 0. The monoisotopic (exact) mass is 482 g/mol. The first-order valence-electron chi connectivity index (χ1n) is 12.9. The molecule has 0 N–H and O–H groups in total. The van der Waals surface area contributed by atoms with Gasteiger partial charge in [-0.2, -0.15) is 0 Å². The highest BCUT2D eigenvalue weighted by Gasteiger charge is 2.24. The highest BCUT2D eigenvalue weighted by atomic mass is 16.6. The van der Waals surface area contributed by atoms with Crippen LogP contribution in [0.4, 0.5) is 0 Å². The molecule has 2 amide bonds. The van der Waals surface area contributed by atoms with E-state index in [9.17, 15) is 19.2 Å². The van der Waals surface area contributed by atoms with Crippen molar-refractivity contribution in [3.8, 4) is 0 Å². The molecule has 8 nitrogen and oxygen atoms in total. The average molecular weight is 483 g/mol. The number of nitrogens with zero attached hydrogens (tertiary/aromatic N) is 2. The van der Waals surface area contributed by atoms with Crippen LogP contribution >= 0.6 is 0 Å². The van der Waals surface area contributed by atoms with Gasteiger partial charge >= 0.3 is 11.9 Å². The molecule has 34 heavy (non-hydrogen) atoms. The maximum absolute atomic E-state index is 12.7. The van der Waals surface area contributed by atoms with Crippen molar-refractivity contribution in [3.05, 3.63) is 12.2 Å². The molecule has 0 saturated carbocycles. The number of carbonyl (C=O) groups is 4. The van der Waals surface area contributed by atoms with Crippen LogP contribution in [0.2, 0.25) is 0 Å². The van der Waals surface area contributed by atoms with Gasteiger partial charge in [0.25, 0.3) is 11.8 Å². The van der Waals surface area contributed by atoms with E-state index in [2.05, 4.69) is 27.7 Å². The van der Waals surface area contributed by atoms with Gasteiger partial charge in [-0.05, 0) is 39.5 Å². The Morgan fingerprint density at radius 3 is 1.09 bits per heavy atom. The number of hydrogen-bond donors (Lipinski definition) is 0. The Morgan fingerprint density at radius 2 is 0.853 bits per heavy atom. The molecule has 8 heteroatoms. The fourth-order valence-corrected chi connectivity index (χ4v) is 3.24. The molecular weight excluding hydrogens is 436 g/mol. The lowest BCUT2D eigenvalue weighted by molar-refractivity contribution is -0.156. The van der Waals surface area contributed by atoms with E-state index < -0.39 is 24.1 Å². The van der Waals surface area contributed by atoms with Crippen molar-refractivity contribution < 1.29 is 28.7 Å². The lowest BCUT2D eigenvalue weighted by atomic mass is 10.2. The number of amides is 2. The van der Waals surface area contributed by atoms with Crippen LogP contribution in [0, 0.1) is 0 Å². The lowest BCUT2D eigenvalue weighted by Gasteiger charge is -2.25. The van der Waals surface area contributed by atoms with Crippen LogP contribution in [0.1, 0.15) is 92.9 Å². The number of carbonyl (C=O) groups excluding carboxylic acids is 4. The van der Waals surface area contributed by atoms with Gasteiger partial charge in [-0.1, -0.05) is 53.4 Å². The second-order valence-corrected chi connectivity index (χ2v) is 8.56. The van der Waals surface area contributed by atoms with Gasteiger partial charge in [0.2, 0.25) is 0 Å². The topological polar surface area (TPSA) is 93.2 Å². The Morgan fingerprint density at radius 1 is 0.588 bits per heavy atom. The van der Waals surface area contributed by atoms with Crippen LogP contribution in [0.15, 0.2) is 12.2 Å². The zero-order valence-corrected chi connectivity index (χ0v) is 22.1. The summed E-state index contributed by atoms with van der Waals surface area (Å²) in [4.78, 5) is 53.0. The zero-order valence-electron chi connectivity index (χ0n) is 22.1. The first kappa shape index (κ1) is 31.6. The predicted molar refractivity (Wildman–Crippen MR) is 133 cm³/mol. The van der Waals surface area contributed by atoms with E-state index in [-0.39, 0.29) is 11.8 Å². The molecule has 0 aromatic rings. The quantitative estimate of drug-likeness (QED) is 0.214. The van der Waals surface area contributed by atoms with Gasteiger partial charge in [-0.3, -0.25) is 9.59 Å². The van der Waals surface area contributed by atoms with Crippen LogP contribution < -0.4 is 0 Å². The minimum atomic E-state index is -0.951. The lowest BCUT2D eigenvalue weighted by Crippen LogP contribution is -2.41. The molecule has 0 aliphatic rings. The van der Waals surface area contributed by atoms with Crippen molar-refractivity contribution in [2.75, 3.05) is 26.2 Å². The summed E-state index contributed by atoms with van der Waals surface area (Å²) in [5.74, 6) is -2.11. The van der Waals surface area contributed by atoms with Crippen molar-refractivity contribution in [2.45, 2.75) is 105 Å². The van der Waals surface area contributed by atoms with Crippen molar-refractivity contribution in [2.24, 2.45) is 0 Å². The second kappa shape index (κ2) is 19.0. The van der Waals surface area contributed by atoms with Gasteiger partial charge in [0, 0.05) is 38.3 Å². The minimum Gasteiger partial charge on any atom is -0.449 e. The second-order valence-electron chi connectivity index (χ2n) is 8.56. The fourth-order valence-electron chi connectivity index (χ4n) is 3.24. The largest absolute Gasteiger partial charge is 0.449 e. The molecule has 196 valence electrons. The molecule has 0 saturated heterocycles. The minimum absolute atomic E-state index is 0.246. The van der Waals surface area contributed by atoms with Gasteiger partial charge in [0.1, 0.15) is 0 Å². The number of esters is 2. The third-order valence-corrected chi connectivity index (χ3v) is 5.39. The molecule has 2 atom stereocenters. The summed E-state index contributed by atoms with van der Waals surface area (Å²) < 4.78 is 10.4. The summed E-state index contributed by atoms with van der Waals surface area (Å²) in [6.45, 7) is 13.8. The maximum atomic E-state index is 12.7. The molecule has 0 aliphatic heterocycles. The summed E-state index contributed by atoms with van der Waals surface area (Å²) in [7, 11) is 0. The number of rotatable bonds is 18. The van der Waals surface area contributed by atoms with Crippen molar-refractivity contribution >= 4 is 23.8 Å². The Labute approximate surface area is 206 Å². The Kier molecular flexibility index (Phi) is 17.7. The predicted octanol–water partition coefficient (Wildman–Crippen LogP) is 4.26. The van der Waals surface area contributed by atoms with E-state index in [1.807, 2.05) is 0 Å². The first-order valence-corrected chi connectivity index (χ1v) is 12.9. The highest BCUT2D eigenvalue weighted by molar-refractivity contribution is 5.94. The molecule has 0 unspecified atom stereocenters. The fraction of sp³-hybridized carbons (Fsp3) is 0.769. The van der Waals surface area contributed by atoms with Crippen molar-refractivity contribution in [3.63, 3.8) is 0 Å². The maximum Gasteiger partial charge on any atom is 0.331 e. The van der Waals surface area contributed by atoms with E-state index in [0.29, 0.717) is 26.2 Å². The molecule has 0 heterocycles. The molecule has 0 aromatic carbocycles. The van der Waals surface area contributed by atoms with E-state index in [1.54, 1.807) is 9.80 Å². The summed E-state index contributed by atoms with van der Waals surface area (Å²) in [6.07, 6.45) is 7.34. The standard InChI is InChI=1S/C26H46N2O6/c1-7-11-17-27(18-12-8-2)25(31)21(5)33-23(29)15-16-24(30)34-22(6)26(32)28(19-13-9-3)20-14-10-4/h15-16,21-22H,7-14,17-20H2,1-6H3/b16-15+/t21-,22-/m0/s1. The summed E-state index contributed by atoms with van der Waals surface area (Å²) in [6, 6.07) is 0. The Bertz CT molecular complexity index is 579. The summed E-state index contributed by atoms with van der Waals surface area (Å²) >= 11 is 0. The van der Waals surface area contributed by atoms with E-state index >= 15 is 0 Å². The zero-order chi connectivity index (χ0) is 25.9. The van der Waals surface area contributed by atoms with Gasteiger partial charge in [0.05, 0.1) is 0 Å². The number of unbranched alkanes of at least 4 members (excludes halogenated alkanes) is 4. The van der Waals surface area contributed by atoms with E-state index in [4.69, 9.17) is 9.47 Å². The van der Waals surface area contributed by atoms with Gasteiger partial charge in [-0.15, -0.1) is 0 Å².